The molecule has 0 spiro atoms. The standard InChI is InChI=1S/C20H24FN3O2/c1-12-9-13(21)11-15(10-12)24-18-4-2-3-17(18)19(23-24)20(26)22-14-5-7-16(25)8-6-14/h9-11,14,16,25H,2-8H2,1H3,(H,22,26). The van der Waals surface area contributed by atoms with Gasteiger partial charge in [-0.25, -0.2) is 9.07 Å². The molecule has 1 amide bonds. The van der Waals surface area contributed by atoms with Gasteiger partial charge in [-0.05, 0) is 75.6 Å². The number of carbonyl (C=O) groups is 1. The number of aryl methyl sites for hydroxylation is 1. The summed E-state index contributed by atoms with van der Waals surface area (Å²) in [6.45, 7) is 1.85. The minimum Gasteiger partial charge on any atom is -0.393 e. The minimum atomic E-state index is -0.297. The van der Waals surface area contributed by atoms with Gasteiger partial charge in [0.2, 0.25) is 0 Å². The van der Waals surface area contributed by atoms with Crippen LogP contribution in [0.15, 0.2) is 18.2 Å². The van der Waals surface area contributed by atoms with E-state index in [0.717, 1.165) is 61.8 Å². The van der Waals surface area contributed by atoms with Gasteiger partial charge in [0, 0.05) is 17.3 Å². The topological polar surface area (TPSA) is 67.2 Å². The van der Waals surface area contributed by atoms with Crippen molar-refractivity contribution in [2.24, 2.45) is 0 Å². The van der Waals surface area contributed by atoms with Crippen LogP contribution < -0.4 is 5.32 Å². The fourth-order valence-corrected chi connectivity index (χ4v) is 4.15. The van der Waals surface area contributed by atoms with Crippen LogP contribution in [-0.4, -0.2) is 32.9 Å². The molecule has 1 aromatic heterocycles. The van der Waals surface area contributed by atoms with Gasteiger partial charge in [0.1, 0.15) is 5.82 Å². The summed E-state index contributed by atoms with van der Waals surface area (Å²) in [4.78, 5) is 12.8. The molecule has 0 bridgehead atoms. The van der Waals surface area contributed by atoms with Crippen LogP contribution in [0.25, 0.3) is 5.69 Å². The zero-order chi connectivity index (χ0) is 18.3. The summed E-state index contributed by atoms with van der Waals surface area (Å²) in [6.07, 6.45) is 5.44. The summed E-state index contributed by atoms with van der Waals surface area (Å²) in [5.41, 5.74) is 3.96. The van der Waals surface area contributed by atoms with E-state index in [1.807, 2.05) is 13.0 Å². The molecule has 1 heterocycles. The van der Waals surface area contributed by atoms with Crippen molar-refractivity contribution in [2.75, 3.05) is 0 Å². The van der Waals surface area contributed by atoms with Crippen molar-refractivity contribution in [1.29, 1.82) is 0 Å². The van der Waals surface area contributed by atoms with E-state index in [9.17, 15) is 14.3 Å². The Labute approximate surface area is 152 Å². The molecule has 2 aliphatic rings. The quantitative estimate of drug-likeness (QED) is 0.888. The van der Waals surface area contributed by atoms with Crippen molar-refractivity contribution in [2.45, 2.75) is 64.0 Å². The van der Waals surface area contributed by atoms with Gasteiger partial charge in [0.05, 0.1) is 11.8 Å². The van der Waals surface area contributed by atoms with Crippen LogP contribution in [0, 0.1) is 12.7 Å². The molecule has 1 aromatic carbocycles. The second kappa shape index (κ2) is 6.83. The van der Waals surface area contributed by atoms with Gasteiger partial charge < -0.3 is 10.4 Å². The smallest absolute Gasteiger partial charge is 0.272 e. The Balaban J connectivity index is 1.62. The monoisotopic (exact) mass is 357 g/mol. The number of hydrogen-bond donors (Lipinski definition) is 2. The Morgan fingerprint density at radius 1 is 1.23 bits per heavy atom. The molecule has 5 nitrogen and oxygen atoms in total. The van der Waals surface area contributed by atoms with Crippen LogP contribution in [0.2, 0.25) is 0 Å². The third kappa shape index (κ3) is 3.26. The van der Waals surface area contributed by atoms with E-state index in [1.165, 1.54) is 12.1 Å². The van der Waals surface area contributed by atoms with E-state index < -0.39 is 0 Å². The van der Waals surface area contributed by atoms with Crippen LogP contribution in [0.5, 0.6) is 0 Å². The first-order chi connectivity index (χ1) is 12.5. The van der Waals surface area contributed by atoms with Crippen LogP contribution in [0.1, 0.15) is 59.4 Å². The molecule has 1 fully saturated rings. The highest BCUT2D eigenvalue weighted by atomic mass is 19.1. The lowest BCUT2D eigenvalue weighted by Gasteiger charge is -2.25. The van der Waals surface area contributed by atoms with Crippen molar-refractivity contribution in [3.63, 3.8) is 0 Å². The second-order valence-corrected chi connectivity index (χ2v) is 7.50. The van der Waals surface area contributed by atoms with Crippen molar-refractivity contribution in [3.8, 4) is 5.69 Å². The molecule has 2 N–H and O–H groups in total. The maximum Gasteiger partial charge on any atom is 0.272 e. The van der Waals surface area contributed by atoms with E-state index in [0.29, 0.717) is 11.4 Å². The number of nitrogens with zero attached hydrogens (tertiary/aromatic N) is 2. The average molecular weight is 357 g/mol. The highest BCUT2D eigenvalue weighted by Crippen LogP contribution is 2.29. The summed E-state index contributed by atoms with van der Waals surface area (Å²) in [7, 11) is 0. The molecule has 6 heteroatoms. The van der Waals surface area contributed by atoms with E-state index in [2.05, 4.69) is 10.4 Å². The lowest BCUT2D eigenvalue weighted by molar-refractivity contribution is 0.0862. The van der Waals surface area contributed by atoms with Gasteiger partial charge in [-0.1, -0.05) is 0 Å². The predicted molar refractivity (Wildman–Crippen MR) is 96.0 cm³/mol. The molecule has 26 heavy (non-hydrogen) atoms. The molecule has 2 aromatic rings. The number of hydrogen-bond acceptors (Lipinski definition) is 3. The number of aliphatic hydroxyl groups is 1. The van der Waals surface area contributed by atoms with Crippen LogP contribution in [0.3, 0.4) is 0 Å². The molecule has 138 valence electrons. The zero-order valence-corrected chi connectivity index (χ0v) is 15.0. The molecule has 4 rings (SSSR count). The number of amides is 1. The molecule has 1 saturated carbocycles. The minimum absolute atomic E-state index is 0.0875. The highest BCUT2D eigenvalue weighted by molar-refractivity contribution is 5.94. The fraction of sp³-hybridized carbons (Fsp3) is 0.500. The van der Waals surface area contributed by atoms with Crippen molar-refractivity contribution in [3.05, 3.63) is 46.5 Å². The van der Waals surface area contributed by atoms with Gasteiger partial charge >= 0.3 is 0 Å². The largest absolute Gasteiger partial charge is 0.393 e. The lowest BCUT2D eigenvalue weighted by atomic mass is 9.93. The number of nitrogens with one attached hydrogen (secondary N) is 1. The van der Waals surface area contributed by atoms with Crippen LogP contribution in [0.4, 0.5) is 4.39 Å². The number of rotatable bonds is 3. The SMILES string of the molecule is Cc1cc(F)cc(-n2nc(C(=O)NC3CCC(O)CC3)c3c2CCC3)c1. The first-order valence-corrected chi connectivity index (χ1v) is 9.38. The van der Waals surface area contributed by atoms with Crippen molar-refractivity contribution >= 4 is 5.91 Å². The summed E-state index contributed by atoms with van der Waals surface area (Å²) in [6, 6.07) is 4.92. The fourth-order valence-electron chi connectivity index (χ4n) is 4.15. The van der Waals surface area contributed by atoms with Gasteiger partial charge in [-0.3, -0.25) is 4.79 Å². The Bertz CT molecular complexity index is 818. The lowest BCUT2D eigenvalue weighted by Crippen LogP contribution is -2.39. The molecular weight excluding hydrogens is 333 g/mol. The summed E-state index contributed by atoms with van der Waals surface area (Å²) >= 11 is 0. The predicted octanol–water partition coefficient (Wildman–Crippen LogP) is 2.84. The molecule has 0 radical (unpaired) electrons. The Morgan fingerprint density at radius 3 is 2.73 bits per heavy atom. The van der Waals surface area contributed by atoms with Gasteiger partial charge in [0.25, 0.3) is 5.91 Å². The Kier molecular flexibility index (Phi) is 4.53. The summed E-state index contributed by atoms with van der Waals surface area (Å²) < 4.78 is 15.6. The maximum absolute atomic E-state index is 13.8. The van der Waals surface area contributed by atoms with Crippen molar-refractivity contribution < 1.29 is 14.3 Å². The third-order valence-corrected chi connectivity index (χ3v) is 5.45. The maximum atomic E-state index is 13.8. The van der Waals surface area contributed by atoms with E-state index in [-0.39, 0.29) is 23.9 Å². The Morgan fingerprint density at radius 2 is 2.00 bits per heavy atom. The Hall–Kier alpha value is -2.21. The number of benzene rings is 1. The number of aliphatic hydroxyl groups excluding tert-OH is 1. The molecular formula is C20H24FN3O2. The van der Waals surface area contributed by atoms with Crippen LogP contribution >= 0.6 is 0 Å². The molecule has 0 saturated heterocycles. The van der Waals surface area contributed by atoms with Gasteiger partial charge in [-0.15, -0.1) is 0 Å². The average Bonchev–Trinajstić information content (AvgIpc) is 3.18. The first kappa shape index (κ1) is 17.2. The normalized spacial score (nSPS) is 22.3. The number of carbonyl (C=O) groups excluding carboxylic acids is 1. The van der Waals surface area contributed by atoms with Crippen LogP contribution in [-0.2, 0) is 12.8 Å². The van der Waals surface area contributed by atoms with Gasteiger partial charge in [-0.2, -0.15) is 5.10 Å². The number of aromatic nitrogens is 2. The highest BCUT2D eigenvalue weighted by Gasteiger charge is 2.29. The molecule has 2 aliphatic carbocycles. The zero-order valence-electron chi connectivity index (χ0n) is 15.0. The number of fused-ring (bicyclic) bond motifs is 1. The van der Waals surface area contributed by atoms with E-state index in [1.54, 1.807) is 4.68 Å². The number of halogens is 1. The van der Waals surface area contributed by atoms with E-state index >= 15 is 0 Å². The van der Waals surface area contributed by atoms with Crippen molar-refractivity contribution in [1.82, 2.24) is 15.1 Å². The summed E-state index contributed by atoms with van der Waals surface area (Å²) in [5, 5.41) is 17.2. The van der Waals surface area contributed by atoms with Gasteiger partial charge in [0.15, 0.2) is 5.69 Å². The van der Waals surface area contributed by atoms with E-state index in [4.69, 9.17) is 0 Å². The molecule has 0 aliphatic heterocycles. The third-order valence-electron chi connectivity index (χ3n) is 5.45. The molecule has 0 unspecified atom stereocenters. The first-order valence-electron chi connectivity index (χ1n) is 9.38. The molecule has 0 atom stereocenters. The summed E-state index contributed by atoms with van der Waals surface area (Å²) in [5.74, 6) is -0.453. The second-order valence-electron chi connectivity index (χ2n) is 7.50.